The quantitative estimate of drug-likeness (QED) is 0.649. The number of nitrogens with one attached hydrogen (secondary N) is 1. The monoisotopic (exact) mass is 387 g/mol. The van der Waals surface area contributed by atoms with E-state index in [9.17, 15) is 17.6 Å². The van der Waals surface area contributed by atoms with E-state index in [2.05, 4.69) is 10.2 Å². The second kappa shape index (κ2) is 9.96. The minimum Gasteiger partial charge on any atom is -0.379 e. The smallest absolute Gasteiger partial charge is 0.235 e. The van der Waals surface area contributed by atoms with Gasteiger partial charge in [-0.1, -0.05) is 18.2 Å². The highest BCUT2D eigenvalue weighted by molar-refractivity contribution is 7.88. The van der Waals surface area contributed by atoms with Gasteiger partial charge in [0, 0.05) is 32.7 Å². The van der Waals surface area contributed by atoms with Crippen molar-refractivity contribution < 1.29 is 22.3 Å². The van der Waals surface area contributed by atoms with Crippen LogP contribution in [0.3, 0.4) is 0 Å². The number of carbonyl (C=O) groups is 1. The van der Waals surface area contributed by atoms with Crippen LogP contribution in [0.5, 0.6) is 0 Å². The molecule has 1 aromatic rings. The lowest BCUT2D eigenvalue weighted by atomic mass is 10.1. The van der Waals surface area contributed by atoms with Gasteiger partial charge in [-0.25, -0.2) is 12.8 Å². The third kappa shape index (κ3) is 6.99. The summed E-state index contributed by atoms with van der Waals surface area (Å²) in [6.45, 7) is 3.60. The van der Waals surface area contributed by atoms with E-state index in [0.29, 0.717) is 31.7 Å². The van der Waals surface area contributed by atoms with Gasteiger partial charge in [-0.05, 0) is 18.1 Å². The molecule has 1 N–H and O–H groups in total. The number of amides is 1. The van der Waals surface area contributed by atoms with Crippen LogP contribution in [0.2, 0.25) is 0 Å². The molecule has 1 saturated heterocycles. The average Bonchev–Trinajstić information content (AvgIpc) is 2.60. The van der Waals surface area contributed by atoms with E-state index in [1.54, 1.807) is 18.2 Å². The summed E-state index contributed by atoms with van der Waals surface area (Å²) in [6, 6.07) is 6.37. The Hall–Kier alpha value is -1.55. The van der Waals surface area contributed by atoms with Gasteiger partial charge in [0.1, 0.15) is 5.82 Å². The Kier molecular flexibility index (Phi) is 7.95. The topological polar surface area (TPSA) is 79.0 Å². The van der Waals surface area contributed by atoms with Crippen molar-refractivity contribution in [1.29, 1.82) is 0 Å². The van der Waals surface area contributed by atoms with Crippen LogP contribution >= 0.6 is 0 Å². The first-order valence-electron chi connectivity index (χ1n) is 8.61. The first-order chi connectivity index (χ1) is 12.4. The normalized spacial score (nSPS) is 16.0. The standard InChI is InChI=1S/C17H26FN3O4S/c1-26(23,24)21(9-8-20-10-12-25-13-11-20)14-17(22)19-7-6-15-4-2-3-5-16(15)18/h2-5H,6-14H2,1H3,(H,19,22). The van der Waals surface area contributed by atoms with Crippen LogP contribution in [0.4, 0.5) is 4.39 Å². The SMILES string of the molecule is CS(=O)(=O)N(CCN1CCOCC1)CC(=O)NCCc1ccccc1F. The summed E-state index contributed by atoms with van der Waals surface area (Å²) in [5.41, 5.74) is 0.514. The lowest BCUT2D eigenvalue weighted by molar-refractivity contribution is -0.121. The highest BCUT2D eigenvalue weighted by atomic mass is 32.2. The summed E-state index contributed by atoms with van der Waals surface area (Å²) < 4.78 is 43.8. The van der Waals surface area contributed by atoms with Gasteiger partial charge in [0.05, 0.1) is 26.0 Å². The van der Waals surface area contributed by atoms with Gasteiger partial charge in [-0.2, -0.15) is 4.31 Å². The van der Waals surface area contributed by atoms with Crippen LogP contribution in [-0.4, -0.2) is 82.3 Å². The Labute approximate surface area is 154 Å². The van der Waals surface area contributed by atoms with Gasteiger partial charge in [0.2, 0.25) is 15.9 Å². The number of halogens is 1. The van der Waals surface area contributed by atoms with Crippen molar-refractivity contribution in [2.45, 2.75) is 6.42 Å². The summed E-state index contributed by atoms with van der Waals surface area (Å²) in [4.78, 5) is 14.2. The maximum absolute atomic E-state index is 13.5. The second-order valence-corrected chi connectivity index (χ2v) is 8.22. The number of hydrogen-bond acceptors (Lipinski definition) is 5. The molecule has 1 amide bonds. The highest BCUT2D eigenvalue weighted by Crippen LogP contribution is 2.06. The minimum absolute atomic E-state index is 0.236. The molecule has 0 aromatic heterocycles. The predicted octanol–water partition coefficient (Wildman–Crippen LogP) is 0.0782. The molecule has 1 aromatic carbocycles. The van der Waals surface area contributed by atoms with Gasteiger partial charge < -0.3 is 10.1 Å². The Morgan fingerprint density at radius 3 is 2.65 bits per heavy atom. The number of ether oxygens (including phenoxy) is 1. The number of rotatable bonds is 9. The van der Waals surface area contributed by atoms with Crippen LogP contribution in [0.25, 0.3) is 0 Å². The molecule has 146 valence electrons. The van der Waals surface area contributed by atoms with E-state index in [-0.39, 0.29) is 25.5 Å². The molecule has 2 rings (SSSR count). The molecular weight excluding hydrogens is 361 g/mol. The fraction of sp³-hybridized carbons (Fsp3) is 0.588. The molecular formula is C17H26FN3O4S. The molecule has 0 radical (unpaired) electrons. The third-order valence-corrected chi connectivity index (χ3v) is 5.48. The Bertz CT molecular complexity index is 693. The zero-order chi connectivity index (χ0) is 19.0. The molecule has 9 heteroatoms. The number of sulfonamides is 1. The number of carbonyl (C=O) groups excluding carboxylic acids is 1. The molecule has 7 nitrogen and oxygen atoms in total. The lowest BCUT2D eigenvalue weighted by Crippen LogP contribution is -2.46. The maximum atomic E-state index is 13.5. The molecule has 1 fully saturated rings. The van der Waals surface area contributed by atoms with Crippen LogP contribution in [0, 0.1) is 5.82 Å². The average molecular weight is 387 g/mol. The Morgan fingerprint density at radius 2 is 2.00 bits per heavy atom. The molecule has 1 heterocycles. The van der Waals surface area contributed by atoms with Crippen molar-refractivity contribution in [3.05, 3.63) is 35.6 Å². The number of benzene rings is 1. The van der Waals surface area contributed by atoms with Crippen molar-refractivity contribution in [3.63, 3.8) is 0 Å². The molecule has 0 saturated carbocycles. The molecule has 1 aliphatic rings. The maximum Gasteiger partial charge on any atom is 0.235 e. The first-order valence-corrected chi connectivity index (χ1v) is 10.5. The van der Waals surface area contributed by atoms with E-state index < -0.39 is 15.9 Å². The summed E-state index contributed by atoms with van der Waals surface area (Å²) in [6.07, 6.45) is 1.45. The van der Waals surface area contributed by atoms with Crippen molar-refractivity contribution >= 4 is 15.9 Å². The minimum atomic E-state index is -3.49. The van der Waals surface area contributed by atoms with Gasteiger partial charge in [-0.15, -0.1) is 0 Å². The Balaban J connectivity index is 1.79. The number of nitrogens with zero attached hydrogens (tertiary/aromatic N) is 2. The van der Waals surface area contributed by atoms with Crippen LogP contribution < -0.4 is 5.32 Å². The second-order valence-electron chi connectivity index (χ2n) is 6.24. The number of morpholine rings is 1. The summed E-state index contributed by atoms with van der Waals surface area (Å²) in [7, 11) is -3.49. The van der Waals surface area contributed by atoms with Crippen LogP contribution in [0.15, 0.2) is 24.3 Å². The lowest BCUT2D eigenvalue weighted by Gasteiger charge is -2.29. The molecule has 0 unspecified atom stereocenters. The van der Waals surface area contributed by atoms with Crippen LogP contribution in [-0.2, 0) is 26.0 Å². The molecule has 0 aliphatic carbocycles. The summed E-state index contributed by atoms with van der Waals surface area (Å²) in [5.74, 6) is -0.709. The summed E-state index contributed by atoms with van der Waals surface area (Å²) in [5, 5.41) is 2.65. The fourth-order valence-corrected chi connectivity index (χ4v) is 3.46. The highest BCUT2D eigenvalue weighted by Gasteiger charge is 2.21. The van der Waals surface area contributed by atoms with E-state index in [1.807, 2.05) is 0 Å². The van der Waals surface area contributed by atoms with E-state index in [4.69, 9.17) is 4.74 Å². The predicted molar refractivity (Wildman–Crippen MR) is 96.8 cm³/mol. The third-order valence-electron chi connectivity index (χ3n) is 4.23. The first kappa shape index (κ1) is 20.8. The molecule has 0 bridgehead atoms. The van der Waals surface area contributed by atoms with Crippen molar-refractivity contribution in [2.24, 2.45) is 0 Å². The van der Waals surface area contributed by atoms with Gasteiger partial charge >= 0.3 is 0 Å². The molecule has 1 aliphatic heterocycles. The Morgan fingerprint density at radius 1 is 1.31 bits per heavy atom. The largest absolute Gasteiger partial charge is 0.379 e. The van der Waals surface area contributed by atoms with Crippen molar-refractivity contribution in [2.75, 3.05) is 58.7 Å². The fourth-order valence-electron chi connectivity index (χ4n) is 2.69. The van der Waals surface area contributed by atoms with Crippen molar-refractivity contribution in [1.82, 2.24) is 14.5 Å². The van der Waals surface area contributed by atoms with E-state index >= 15 is 0 Å². The molecule has 0 spiro atoms. The zero-order valence-electron chi connectivity index (χ0n) is 15.0. The zero-order valence-corrected chi connectivity index (χ0v) is 15.8. The summed E-state index contributed by atoms with van der Waals surface area (Å²) >= 11 is 0. The van der Waals surface area contributed by atoms with Crippen molar-refractivity contribution in [3.8, 4) is 0 Å². The van der Waals surface area contributed by atoms with E-state index in [1.165, 1.54) is 10.4 Å². The van der Waals surface area contributed by atoms with Gasteiger partial charge in [-0.3, -0.25) is 9.69 Å². The van der Waals surface area contributed by atoms with Crippen LogP contribution in [0.1, 0.15) is 5.56 Å². The van der Waals surface area contributed by atoms with Gasteiger partial charge in [0.25, 0.3) is 0 Å². The van der Waals surface area contributed by atoms with Gasteiger partial charge in [0.15, 0.2) is 0 Å². The number of hydrogen-bond donors (Lipinski definition) is 1. The molecule has 0 atom stereocenters. The molecule has 26 heavy (non-hydrogen) atoms. The van der Waals surface area contributed by atoms with E-state index in [0.717, 1.165) is 19.3 Å².